The van der Waals surface area contributed by atoms with Gasteiger partial charge in [-0.05, 0) is 69.3 Å². The summed E-state index contributed by atoms with van der Waals surface area (Å²) >= 11 is 6.35. The number of amides is 2. The van der Waals surface area contributed by atoms with Crippen molar-refractivity contribution >= 4 is 51.0 Å². The molecule has 4 aliphatic heterocycles. The Hall–Kier alpha value is -4.14. The van der Waals surface area contributed by atoms with E-state index in [1.807, 2.05) is 24.3 Å². The van der Waals surface area contributed by atoms with E-state index in [1.165, 1.54) is 19.5 Å². The highest BCUT2D eigenvalue weighted by Crippen LogP contribution is 2.40. The lowest BCUT2D eigenvalue weighted by atomic mass is 9.91. The van der Waals surface area contributed by atoms with Crippen molar-refractivity contribution in [3.63, 3.8) is 0 Å². The second kappa shape index (κ2) is 14.5. The number of aromatic amines is 1. The second-order valence-electron chi connectivity index (χ2n) is 15.5. The van der Waals surface area contributed by atoms with Crippen LogP contribution >= 0.6 is 11.6 Å². The number of carbonyl (C=O) groups excluding carboxylic acids is 2. The number of hydrogen-bond acceptors (Lipinski definition) is 7. The lowest BCUT2D eigenvalue weighted by Crippen LogP contribution is -2.54. The molecule has 288 valence electrons. The van der Waals surface area contributed by atoms with Gasteiger partial charge in [0.2, 0.25) is 11.8 Å². The van der Waals surface area contributed by atoms with Gasteiger partial charge < -0.3 is 25.0 Å². The number of aromatic nitrogens is 3. The number of fused-ring (bicyclic) bond motifs is 5. The molecule has 8 rings (SSSR count). The molecule has 0 aliphatic carbocycles. The molecule has 11 nitrogen and oxygen atoms in total. The fourth-order valence-electron chi connectivity index (χ4n) is 9.61. The van der Waals surface area contributed by atoms with E-state index in [2.05, 4.69) is 32.1 Å². The number of nitrogens with zero attached hydrogens (tertiary/aromatic N) is 6. The van der Waals surface area contributed by atoms with Gasteiger partial charge in [0.1, 0.15) is 0 Å². The third kappa shape index (κ3) is 6.85. The van der Waals surface area contributed by atoms with Gasteiger partial charge >= 0.3 is 11.9 Å². The summed E-state index contributed by atoms with van der Waals surface area (Å²) in [4.78, 5) is 57.6. The van der Waals surface area contributed by atoms with Crippen LogP contribution < -0.4 is 11.0 Å². The summed E-state index contributed by atoms with van der Waals surface area (Å²) in [5.74, 6) is -1.31. The Morgan fingerprint density at radius 3 is 2.35 bits per heavy atom. The molecule has 2 amide bonds. The highest BCUT2D eigenvalue weighted by Gasteiger charge is 2.45. The molecule has 4 saturated heterocycles. The third-order valence-corrected chi connectivity index (χ3v) is 12.7. The Labute approximate surface area is 316 Å². The lowest BCUT2D eigenvalue weighted by molar-refractivity contribution is -0.143. The summed E-state index contributed by atoms with van der Waals surface area (Å²) in [5.41, 5.74) is 1.12. The SMILES string of the molecule is CNc1c(Cl)cc(C[C@@H](CC(=O)N2CCC(n3c(=O)[nH]c4c5ccccc5ncc43)CC2)C(=O)N2CCC(N3CC4CC3CN4C)CC2)cc1C(F)(F)F. The Morgan fingerprint density at radius 2 is 1.69 bits per heavy atom. The van der Waals surface area contributed by atoms with Crippen LogP contribution in [0, 0.1) is 5.92 Å². The zero-order chi connectivity index (χ0) is 37.9. The first-order valence-electron chi connectivity index (χ1n) is 19.0. The molecule has 6 heterocycles. The summed E-state index contributed by atoms with van der Waals surface area (Å²) < 4.78 is 44.1. The van der Waals surface area contributed by atoms with Crippen LogP contribution in [0.15, 0.2) is 47.4 Å². The maximum absolute atomic E-state index is 14.3. The summed E-state index contributed by atoms with van der Waals surface area (Å²) in [6.45, 7) is 3.95. The number of H-pyrrole nitrogens is 1. The van der Waals surface area contributed by atoms with Gasteiger partial charge in [-0.15, -0.1) is 0 Å². The fourth-order valence-corrected chi connectivity index (χ4v) is 9.94. The minimum absolute atomic E-state index is 0.0539. The fraction of sp³-hybridized carbons (Fsp3) is 0.538. The van der Waals surface area contributed by atoms with Crippen LogP contribution in [0.25, 0.3) is 21.9 Å². The Morgan fingerprint density at radius 1 is 0.981 bits per heavy atom. The second-order valence-corrected chi connectivity index (χ2v) is 15.9. The van der Waals surface area contributed by atoms with Crippen molar-refractivity contribution in [2.75, 3.05) is 58.7 Å². The monoisotopic (exact) mass is 766 g/mol. The van der Waals surface area contributed by atoms with Gasteiger partial charge in [-0.1, -0.05) is 29.8 Å². The number of anilines is 1. The number of likely N-dealkylation sites (tertiary alicyclic amines) is 4. The molecule has 2 N–H and O–H groups in total. The normalized spacial score (nSPS) is 22.5. The number of carbonyl (C=O) groups is 2. The number of alkyl halides is 3. The smallest absolute Gasteiger partial charge is 0.386 e. The first-order chi connectivity index (χ1) is 25.9. The molecule has 0 spiro atoms. The Bertz CT molecular complexity index is 2120. The lowest BCUT2D eigenvalue weighted by Gasteiger charge is -2.42. The molecular formula is C39H46ClF3N8O3. The molecule has 2 unspecified atom stereocenters. The van der Waals surface area contributed by atoms with Gasteiger partial charge in [-0.25, -0.2) is 4.79 Å². The summed E-state index contributed by atoms with van der Waals surface area (Å²) in [5, 5.41) is 3.32. The molecular weight excluding hydrogens is 721 g/mol. The number of halogens is 4. The van der Waals surface area contributed by atoms with Crippen molar-refractivity contribution in [3.05, 3.63) is 69.2 Å². The number of para-hydroxylation sites is 1. The van der Waals surface area contributed by atoms with Crippen LogP contribution in [-0.4, -0.2) is 117 Å². The van der Waals surface area contributed by atoms with E-state index < -0.39 is 17.7 Å². The number of nitrogens with one attached hydrogen (secondary N) is 2. The van der Waals surface area contributed by atoms with Gasteiger partial charge in [0.15, 0.2) is 0 Å². The molecule has 3 atom stereocenters. The minimum Gasteiger partial charge on any atom is -0.386 e. The van der Waals surface area contributed by atoms with Gasteiger partial charge in [0, 0.05) is 82.3 Å². The van der Waals surface area contributed by atoms with E-state index in [0.717, 1.165) is 48.4 Å². The van der Waals surface area contributed by atoms with Gasteiger partial charge in [0.25, 0.3) is 0 Å². The maximum atomic E-state index is 14.3. The molecule has 4 fully saturated rings. The van der Waals surface area contributed by atoms with Crippen LogP contribution in [0.5, 0.6) is 0 Å². The predicted octanol–water partition coefficient (Wildman–Crippen LogP) is 5.38. The summed E-state index contributed by atoms with van der Waals surface area (Å²) in [6, 6.07) is 11.5. The van der Waals surface area contributed by atoms with Crippen LogP contribution in [0.2, 0.25) is 5.02 Å². The van der Waals surface area contributed by atoms with Crippen molar-refractivity contribution in [2.24, 2.45) is 5.92 Å². The number of piperidine rings is 2. The molecule has 0 saturated carbocycles. The zero-order valence-electron chi connectivity index (χ0n) is 30.5. The number of pyridine rings is 1. The van der Waals surface area contributed by atoms with Crippen LogP contribution in [0.1, 0.15) is 55.7 Å². The molecule has 4 aromatic rings. The number of benzene rings is 2. The molecule has 54 heavy (non-hydrogen) atoms. The van der Waals surface area contributed by atoms with Crippen LogP contribution in [0.3, 0.4) is 0 Å². The zero-order valence-corrected chi connectivity index (χ0v) is 31.3. The van der Waals surface area contributed by atoms with Crippen molar-refractivity contribution in [1.29, 1.82) is 0 Å². The summed E-state index contributed by atoms with van der Waals surface area (Å²) in [6.07, 6.45) is 0.739. The Kier molecular flexibility index (Phi) is 9.88. The van der Waals surface area contributed by atoms with E-state index in [0.29, 0.717) is 62.7 Å². The summed E-state index contributed by atoms with van der Waals surface area (Å²) in [7, 11) is 3.56. The van der Waals surface area contributed by atoms with Crippen molar-refractivity contribution in [1.82, 2.24) is 34.1 Å². The van der Waals surface area contributed by atoms with Crippen molar-refractivity contribution < 1.29 is 22.8 Å². The van der Waals surface area contributed by atoms with Gasteiger partial charge in [-0.3, -0.25) is 24.0 Å². The molecule has 2 bridgehead atoms. The number of likely N-dealkylation sites (N-methyl/N-ethyl adjacent to an activating group) is 1. The molecule has 15 heteroatoms. The van der Waals surface area contributed by atoms with E-state index in [-0.39, 0.29) is 52.7 Å². The Balaban J connectivity index is 0.981. The van der Waals surface area contributed by atoms with E-state index in [9.17, 15) is 27.6 Å². The van der Waals surface area contributed by atoms with Crippen molar-refractivity contribution in [2.45, 2.75) is 75.3 Å². The quantitative estimate of drug-likeness (QED) is 0.248. The van der Waals surface area contributed by atoms with E-state index in [1.54, 1.807) is 20.6 Å². The number of piperazine rings is 1. The molecule has 4 aliphatic rings. The van der Waals surface area contributed by atoms with Crippen LogP contribution in [0.4, 0.5) is 18.9 Å². The first-order valence-corrected chi connectivity index (χ1v) is 19.3. The topological polar surface area (TPSA) is 110 Å². The highest BCUT2D eigenvalue weighted by molar-refractivity contribution is 6.33. The third-order valence-electron chi connectivity index (χ3n) is 12.4. The average Bonchev–Trinajstić information content (AvgIpc) is 3.85. The van der Waals surface area contributed by atoms with Gasteiger partial charge in [0.05, 0.1) is 44.9 Å². The molecule has 0 radical (unpaired) electrons. The number of hydrogen-bond donors (Lipinski definition) is 2. The van der Waals surface area contributed by atoms with Gasteiger partial charge in [-0.2, -0.15) is 13.2 Å². The number of imidazole rings is 1. The average molecular weight is 767 g/mol. The minimum atomic E-state index is -4.67. The van der Waals surface area contributed by atoms with Crippen molar-refractivity contribution in [3.8, 4) is 0 Å². The molecule has 2 aromatic carbocycles. The van der Waals surface area contributed by atoms with Crippen LogP contribution in [-0.2, 0) is 22.2 Å². The predicted molar refractivity (Wildman–Crippen MR) is 202 cm³/mol. The molecule has 2 aromatic heterocycles. The standard InChI is InChI=1S/C39H46ClF3N8O3/c1-44-36-30(39(41,42)43)16-23(17-31(36)40)15-24(37(53)49-13-7-25(8-14-49)50-22-27-19-28(50)21-47(27)2)18-34(52)48-11-9-26(10-12-48)51-33-20-45-32-6-4-3-5-29(32)35(33)46-38(51)54/h3-6,16-17,20,24-28,44H,7-15,18-19,21-22H2,1-2H3,(H,46,54)/t24-,27?,28?/m0/s1. The largest absolute Gasteiger partial charge is 0.418 e. The van der Waals surface area contributed by atoms with E-state index >= 15 is 0 Å². The first kappa shape index (κ1) is 36.8. The highest BCUT2D eigenvalue weighted by atomic mass is 35.5. The number of rotatable bonds is 8. The van der Waals surface area contributed by atoms with E-state index in [4.69, 9.17) is 11.6 Å². The maximum Gasteiger partial charge on any atom is 0.418 e.